The maximum Gasteiger partial charge on any atom is 0.246 e. The Kier molecular flexibility index (Phi) is 4.71. The second kappa shape index (κ2) is 6.75. The van der Waals surface area contributed by atoms with Gasteiger partial charge in [0, 0.05) is 10.6 Å². The average molecular weight is 366 g/mol. The van der Waals surface area contributed by atoms with Crippen molar-refractivity contribution in [2.45, 2.75) is 6.92 Å². The number of para-hydroxylation sites is 1. The molecule has 0 aliphatic rings. The molecule has 0 aliphatic heterocycles. The minimum Gasteiger partial charge on any atom is -0.437 e. The molecular weight excluding hydrogens is 355 g/mol. The van der Waals surface area contributed by atoms with E-state index in [-0.39, 0.29) is 5.15 Å². The topological polar surface area (TPSA) is 35.0 Å². The maximum absolute atomic E-state index is 6.29. The van der Waals surface area contributed by atoms with Gasteiger partial charge in [-0.05, 0) is 36.8 Å². The van der Waals surface area contributed by atoms with Gasteiger partial charge in [0.15, 0.2) is 5.15 Å². The minimum atomic E-state index is 0.253. The zero-order valence-corrected chi connectivity index (χ0v) is 14.3. The molecule has 6 heteroatoms. The summed E-state index contributed by atoms with van der Waals surface area (Å²) < 4.78 is 5.91. The van der Waals surface area contributed by atoms with E-state index >= 15 is 0 Å². The van der Waals surface area contributed by atoms with Gasteiger partial charge in [-0.25, -0.2) is 0 Å². The van der Waals surface area contributed by atoms with Crippen LogP contribution in [-0.4, -0.2) is 10.2 Å². The van der Waals surface area contributed by atoms with Crippen molar-refractivity contribution in [3.63, 3.8) is 0 Å². The number of hydrogen-bond donors (Lipinski definition) is 0. The highest BCUT2D eigenvalue weighted by atomic mass is 35.5. The first-order valence-corrected chi connectivity index (χ1v) is 7.90. The number of hydrogen-bond acceptors (Lipinski definition) is 3. The van der Waals surface area contributed by atoms with Gasteiger partial charge in [-0.1, -0.05) is 59.1 Å². The fourth-order valence-electron chi connectivity index (χ4n) is 2.11. The van der Waals surface area contributed by atoms with Gasteiger partial charge in [-0.3, -0.25) is 0 Å². The van der Waals surface area contributed by atoms with Gasteiger partial charge in [0.05, 0.1) is 10.6 Å². The van der Waals surface area contributed by atoms with Crippen molar-refractivity contribution in [1.29, 1.82) is 0 Å². The molecule has 0 fully saturated rings. The molecule has 0 unspecified atom stereocenters. The highest BCUT2D eigenvalue weighted by Crippen LogP contribution is 2.38. The van der Waals surface area contributed by atoms with Crippen molar-refractivity contribution < 1.29 is 4.74 Å². The number of rotatable bonds is 3. The van der Waals surface area contributed by atoms with Gasteiger partial charge in [0.25, 0.3) is 0 Å². The Balaban J connectivity index is 2.10. The molecule has 2 aromatic carbocycles. The average Bonchev–Trinajstić information content (AvgIpc) is 2.51. The van der Waals surface area contributed by atoms with E-state index in [9.17, 15) is 0 Å². The highest BCUT2D eigenvalue weighted by Gasteiger charge is 2.15. The van der Waals surface area contributed by atoms with Crippen LogP contribution in [0.2, 0.25) is 15.2 Å². The summed E-state index contributed by atoms with van der Waals surface area (Å²) in [6, 6.07) is 14.5. The summed E-state index contributed by atoms with van der Waals surface area (Å²) in [5.74, 6) is 1.02. The van der Waals surface area contributed by atoms with Gasteiger partial charge >= 0.3 is 0 Å². The summed E-state index contributed by atoms with van der Waals surface area (Å²) in [6.07, 6.45) is 0. The molecule has 1 aromatic heterocycles. The number of ether oxygens (including phenoxy) is 1. The van der Waals surface area contributed by atoms with Gasteiger partial charge in [0.2, 0.25) is 5.88 Å². The fraction of sp³-hybridized carbons (Fsp3) is 0.0588. The first-order chi connectivity index (χ1) is 11.0. The maximum atomic E-state index is 6.29. The van der Waals surface area contributed by atoms with Crippen LogP contribution in [0.3, 0.4) is 0 Å². The number of benzene rings is 2. The lowest BCUT2D eigenvalue weighted by atomic mass is 10.1. The van der Waals surface area contributed by atoms with Crippen LogP contribution in [-0.2, 0) is 0 Å². The third-order valence-electron chi connectivity index (χ3n) is 3.25. The van der Waals surface area contributed by atoms with Crippen molar-refractivity contribution in [3.8, 4) is 22.8 Å². The molecule has 0 N–H and O–H groups in total. The Bertz CT molecular complexity index is 868. The first-order valence-electron chi connectivity index (χ1n) is 6.77. The largest absolute Gasteiger partial charge is 0.437 e. The molecule has 3 nitrogen and oxygen atoms in total. The molecule has 0 bridgehead atoms. The molecule has 0 atom stereocenters. The predicted octanol–water partition coefficient (Wildman–Crippen LogP) is 6.20. The zero-order valence-electron chi connectivity index (χ0n) is 12.1. The van der Waals surface area contributed by atoms with E-state index in [1.54, 1.807) is 24.3 Å². The number of nitrogens with zero attached hydrogens (tertiary/aromatic N) is 2. The Morgan fingerprint density at radius 2 is 1.65 bits per heavy atom. The first kappa shape index (κ1) is 16.1. The molecule has 0 aliphatic carbocycles. The molecule has 0 saturated heterocycles. The molecule has 3 aromatic rings. The van der Waals surface area contributed by atoms with E-state index in [0.29, 0.717) is 27.2 Å². The van der Waals surface area contributed by atoms with Gasteiger partial charge in [0.1, 0.15) is 5.75 Å². The summed E-state index contributed by atoms with van der Waals surface area (Å²) in [4.78, 5) is 0. The van der Waals surface area contributed by atoms with Crippen LogP contribution in [0.15, 0.2) is 48.5 Å². The Labute approximate surface area is 148 Å². The lowest BCUT2D eigenvalue weighted by Gasteiger charge is -2.12. The van der Waals surface area contributed by atoms with Gasteiger partial charge < -0.3 is 4.74 Å². The predicted molar refractivity (Wildman–Crippen MR) is 93.8 cm³/mol. The molecule has 0 saturated carbocycles. The Morgan fingerprint density at radius 3 is 2.39 bits per heavy atom. The summed E-state index contributed by atoms with van der Waals surface area (Å²) in [5, 5.41) is 9.20. The van der Waals surface area contributed by atoms with Crippen LogP contribution in [0.25, 0.3) is 11.1 Å². The second-order valence-corrected chi connectivity index (χ2v) is 6.11. The lowest BCUT2D eigenvalue weighted by Crippen LogP contribution is -1.96. The third-order valence-corrected chi connectivity index (χ3v) is 3.98. The normalized spacial score (nSPS) is 10.6. The Hall–Kier alpha value is -1.81. The van der Waals surface area contributed by atoms with Crippen LogP contribution in [0, 0.1) is 6.92 Å². The number of aromatic nitrogens is 2. The van der Waals surface area contributed by atoms with Crippen molar-refractivity contribution in [3.05, 3.63) is 69.3 Å². The molecular formula is C17H11Cl3N2O. The molecule has 1 heterocycles. The van der Waals surface area contributed by atoms with Crippen molar-refractivity contribution >= 4 is 34.8 Å². The minimum absolute atomic E-state index is 0.253. The van der Waals surface area contributed by atoms with E-state index in [0.717, 1.165) is 11.1 Å². The number of halogens is 3. The van der Waals surface area contributed by atoms with Crippen molar-refractivity contribution in [2.75, 3.05) is 0 Å². The Morgan fingerprint density at radius 1 is 0.870 bits per heavy atom. The van der Waals surface area contributed by atoms with E-state index in [1.165, 1.54) is 0 Å². The molecule has 23 heavy (non-hydrogen) atoms. The van der Waals surface area contributed by atoms with Crippen LogP contribution >= 0.6 is 34.8 Å². The summed E-state index contributed by atoms with van der Waals surface area (Å²) in [6.45, 7) is 1.95. The summed E-state index contributed by atoms with van der Waals surface area (Å²) in [7, 11) is 0. The van der Waals surface area contributed by atoms with Crippen molar-refractivity contribution in [1.82, 2.24) is 10.2 Å². The zero-order chi connectivity index (χ0) is 16.4. The van der Waals surface area contributed by atoms with Gasteiger partial charge in [-0.2, -0.15) is 0 Å². The third kappa shape index (κ3) is 3.58. The van der Waals surface area contributed by atoms with E-state index < -0.39 is 0 Å². The lowest BCUT2D eigenvalue weighted by molar-refractivity contribution is 0.454. The standard InChI is InChI=1S/C17H11Cl3N2O/c1-10-4-2-3-5-15(10)23-17-13(9-16(20)21-22-17)12-7-6-11(18)8-14(12)19/h2-9H,1H3. The number of aryl methyl sites for hydroxylation is 1. The molecule has 0 spiro atoms. The smallest absolute Gasteiger partial charge is 0.246 e. The molecule has 0 radical (unpaired) electrons. The SMILES string of the molecule is Cc1ccccc1Oc1nnc(Cl)cc1-c1ccc(Cl)cc1Cl. The molecule has 116 valence electrons. The van der Waals surface area contributed by atoms with E-state index in [1.807, 2.05) is 31.2 Å². The van der Waals surface area contributed by atoms with Crippen molar-refractivity contribution in [2.24, 2.45) is 0 Å². The monoisotopic (exact) mass is 364 g/mol. The van der Waals surface area contributed by atoms with E-state index in [4.69, 9.17) is 39.5 Å². The summed E-state index contributed by atoms with van der Waals surface area (Å²) in [5.41, 5.74) is 2.35. The van der Waals surface area contributed by atoms with Crippen LogP contribution in [0.1, 0.15) is 5.56 Å². The van der Waals surface area contributed by atoms with Crippen LogP contribution < -0.4 is 4.74 Å². The quantitative estimate of drug-likeness (QED) is 0.554. The van der Waals surface area contributed by atoms with E-state index in [2.05, 4.69) is 10.2 Å². The summed E-state index contributed by atoms with van der Waals surface area (Å²) >= 11 is 18.2. The van der Waals surface area contributed by atoms with Gasteiger partial charge in [-0.15, -0.1) is 10.2 Å². The van der Waals surface area contributed by atoms with Crippen LogP contribution in [0.4, 0.5) is 0 Å². The fourth-order valence-corrected chi connectivity index (χ4v) is 2.77. The molecule has 0 amide bonds. The molecule has 3 rings (SSSR count). The second-order valence-electron chi connectivity index (χ2n) is 4.88. The highest BCUT2D eigenvalue weighted by molar-refractivity contribution is 6.36. The van der Waals surface area contributed by atoms with Crippen LogP contribution in [0.5, 0.6) is 11.6 Å².